The molecule has 2 N–H and O–H groups in total. The van der Waals surface area contributed by atoms with Crippen molar-refractivity contribution in [2.24, 2.45) is 0 Å². The second-order valence-corrected chi connectivity index (χ2v) is 18.4. The van der Waals surface area contributed by atoms with Crippen molar-refractivity contribution in [2.75, 3.05) is 0 Å². The summed E-state index contributed by atoms with van der Waals surface area (Å²) in [5, 5.41) is 21.9. The van der Waals surface area contributed by atoms with Crippen LogP contribution in [0.4, 0.5) is 0 Å². The molecule has 2 aromatic rings. The summed E-state index contributed by atoms with van der Waals surface area (Å²) in [6.45, 7) is 31.1. The summed E-state index contributed by atoms with van der Waals surface area (Å²) in [7, 11) is 0. The van der Waals surface area contributed by atoms with Crippen LogP contribution >= 0.6 is 0 Å². The number of aromatic hydroxyl groups is 2. The number of benzene rings is 2. The van der Waals surface area contributed by atoms with E-state index in [4.69, 9.17) is 19.6 Å². The lowest BCUT2D eigenvalue weighted by Crippen LogP contribution is -2.28. The van der Waals surface area contributed by atoms with Crippen molar-refractivity contribution >= 4 is 11.9 Å². The van der Waals surface area contributed by atoms with Crippen LogP contribution in [0.3, 0.4) is 0 Å². The molecule has 50 heavy (non-hydrogen) atoms. The monoisotopic (exact) mass is 694 g/mol. The zero-order valence-electron chi connectivity index (χ0n) is 33.5. The van der Waals surface area contributed by atoms with Crippen LogP contribution in [0.1, 0.15) is 157 Å². The Labute approximate surface area is 301 Å². The predicted octanol–water partition coefficient (Wildman–Crippen LogP) is 9.36. The van der Waals surface area contributed by atoms with Gasteiger partial charge < -0.3 is 10.2 Å². The maximum absolute atomic E-state index is 12.6. The average molecular weight is 695 g/mol. The van der Waals surface area contributed by atoms with Crippen molar-refractivity contribution in [3.05, 3.63) is 57.6 Å². The SMILES string of the molecule is CC(C)(C#CC(C)(C)OOC(=O)CCc1cc(C(C)(C)C)c(O)c(C(C)(C)C)c1)OOC(=O)CCc1cc(C(C)(C)C)c(O)c(C(C)(C)C)c1. The van der Waals surface area contributed by atoms with Gasteiger partial charge in [0.1, 0.15) is 11.5 Å². The van der Waals surface area contributed by atoms with Crippen molar-refractivity contribution in [3.8, 4) is 23.3 Å². The first kappa shape index (κ1) is 42.6. The minimum absolute atomic E-state index is 0.0746. The van der Waals surface area contributed by atoms with Crippen LogP contribution < -0.4 is 0 Å². The van der Waals surface area contributed by atoms with Gasteiger partial charge in [0.25, 0.3) is 0 Å². The minimum Gasteiger partial charge on any atom is -0.507 e. The maximum atomic E-state index is 12.6. The molecular formula is C42H62O8. The van der Waals surface area contributed by atoms with Gasteiger partial charge in [-0.3, -0.25) is 9.78 Å². The summed E-state index contributed by atoms with van der Waals surface area (Å²) in [4.78, 5) is 46.3. The topological polar surface area (TPSA) is 112 Å². The number of phenolic OH excluding ortho intramolecular Hbond substituents is 2. The molecule has 8 nitrogen and oxygen atoms in total. The molecule has 2 rings (SSSR count). The maximum Gasteiger partial charge on any atom is 0.342 e. The first-order chi connectivity index (χ1) is 22.4. The molecule has 0 aliphatic rings. The Morgan fingerprint density at radius 3 is 0.960 bits per heavy atom. The van der Waals surface area contributed by atoms with E-state index < -0.39 is 23.1 Å². The summed E-state index contributed by atoms with van der Waals surface area (Å²) < 4.78 is 0. The second kappa shape index (κ2) is 15.4. The van der Waals surface area contributed by atoms with E-state index in [9.17, 15) is 19.8 Å². The third-order valence-corrected chi connectivity index (χ3v) is 8.16. The van der Waals surface area contributed by atoms with E-state index in [1.807, 2.05) is 107 Å². The van der Waals surface area contributed by atoms with Crippen LogP contribution in [0.5, 0.6) is 11.5 Å². The Bertz CT molecular complexity index is 1400. The van der Waals surface area contributed by atoms with E-state index in [1.165, 1.54) is 0 Å². The molecule has 0 spiro atoms. The van der Waals surface area contributed by atoms with Crippen molar-refractivity contribution in [3.63, 3.8) is 0 Å². The molecule has 0 aliphatic carbocycles. The lowest BCUT2D eigenvalue weighted by Gasteiger charge is -2.28. The van der Waals surface area contributed by atoms with E-state index in [0.717, 1.165) is 33.4 Å². The van der Waals surface area contributed by atoms with E-state index in [1.54, 1.807) is 27.7 Å². The smallest absolute Gasteiger partial charge is 0.342 e. The highest BCUT2D eigenvalue weighted by molar-refractivity contribution is 5.69. The number of rotatable bonds is 10. The highest BCUT2D eigenvalue weighted by Crippen LogP contribution is 2.41. The first-order valence-electron chi connectivity index (χ1n) is 17.5. The standard InChI is InChI=1S/C42H62O8/c1-37(2,3)29-23-27(24-30(35(29)45)38(4,5)6)17-19-33(43)47-49-41(13,14)21-22-42(15,16)50-48-34(44)20-18-28-25-31(39(7,8)9)36(46)32(26-28)40(10,11)12/h23-26,45-46H,17-20H2,1-16H3. The molecule has 0 heterocycles. The zero-order valence-corrected chi connectivity index (χ0v) is 33.5. The molecule has 0 amide bonds. The Balaban J connectivity index is 1.98. The fourth-order valence-corrected chi connectivity index (χ4v) is 5.18. The summed E-state index contributed by atoms with van der Waals surface area (Å²) in [6.07, 6.45) is 0.973. The normalized spacial score (nSPS) is 13.0. The second-order valence-electron chi connectivity index (χ2n) is 18.4. The number of hydrogen-bond donors (Lipinski definition) is 2. The Hall–Kier alpha value is -3.54. The summed E-state index contributed by atoms with van der Waals surface area (Å²) in [5.41, 5.74) is 1.73. The van der Waals surface area contributed by atoms with Crippen LogP contribution in [0.25, 0.3) is 0 Å². The average Bonchev–Trinajstić information content (AvgIpc) is 2.94. The van der Waals surface area contributed by atoms with Crippen LogP contribution in [0, 0.1) is 11.8 Å². The largest absolute Gasteiger partial charge is 0.507 e. The van der Waals surface area contributed by atoms with Crippen molar-refractivity contribution in [1.82, 2.24) is 0 Å². The van der Waals surface area contributed by atoms with E-state index in [0.29, 0.717) is 24.3 Å². The molecule has 0 bridgehead atoms. The summed E-state index contributed by atoms with van der Waals surface area (Å²) >= 11 is 0. The van der Waals surface area contributed by atoms with Gasteiger partial charge in [0, 0.05) is 0 Å². The van der Waals surface area contributed by atoms with Gasteiger partial charge in [-0.2, -0.15) is 9.78 Å². The number of phenols is 2. The molecular weight excluding hydrogens is 632 g/mol. The fraction of sp³-hybridized carbons (Fsp3) is 0.619. The molecule has 8 heteroatoms. The minimum atomic E-state index is -1.17. The van der Waals surface area contributed by atoms with E-state index in [2.05, 4.69) is 11.8 Å². The van der Waals surface area contributed by atoms with Gasteiger partial charge in [0.15, 0.2) is 11.2 Å². The van der Waals surface area contributed by atoms with Crippen LogP contribution in [0.15, 0.2) is 24.3 Å². The van der Waals surface area contributed by atoms with Crippen molar-refractivity contribution in [1.29, 1.82) is 0 Å². The summed E-state index contributed by atoms with van der Waals surface area (Å²) in [6, 6.07) is 7.79. The number of hydrogen-bond acceptors (Lipinski definition) is 8. The van der Waals surface area contributed by atoms with Gasteiger partial charge in [-0.1, -0.05) is 119 Å². The molecule has 0 aliphatic heterocycles. The number of carbonyl (C=O) groups excluding carboxylic acids is 2. The fourth-order valence-electron chi connectivity index (χ4n) is 5.18. The van der Waals surface area contributed by atoms with Gasteiger partial charge in [0.05, 0.1) is 12.8 Å². The van der Waals surface area contributed by atoms with Crippen molar-refractivity contribution < 1.29 is 39.4 Å². The molecule has 278 valence electrons. The number of carbonyl (C=O) groups is 2. The molecule has 0 fully saturated rings. The Morgan fingerprint density at radius 1 is 0.500 bits per heavy atom. The number of aryl methyl sites for hydroxylation is 2. The zero-order chi connectivity index (χ0) is 38.7. The molecule has 0 aromatic heterocycles. The predicted molar refractivity (Wildman–Crippen MR) is 198 cm³/mol. The van der Waals surface area contributed by atoms with Crippen molar-refractivity contribution in [2.45, 2.75) is 169 Å². The lowest BCUT2D eigenvalue weighted by atomic mass is 9.78. The Morgan fingerprint density at radius 2 is 0.740 bits per heavy atom. The van der Waals surface area contributed by atoms with Gasteiger partial charge >= 0.3 is 11.9 Å². The molecule has 0 unspecified atom stereocenters. The van der Waals surface area contributed by atoms with Crippen LogP contribution in [-0.4, -0.2) is 33.4 Å². The molecule has 2 aromatic carbocycles. The Kier molecular flexibility index (Phi) is 13.1. The van der Waals surface area contributed by atoms with Gasteiger partial charge in [-0.25, -0.2) is 9.59 Å². The lowest BCUT2D eigenvalue weighted by molar-refractivity contribution is -0.313. The third-order valence-electron chi connectivity index (χ3n) is 8.16. The van der Waals surface area contributed by atoms with Crippen LogP contribution in [-0.2, 0) is 63.6 Å². The molecule has 0 radical (unpaired) electrons. The highest BCUT2D eigenvalue weighted by atomic mass is 17.2. The third kappa shape index (κ3) is 12.7. The highest BCUT2D eigenvalue weighted by Gasteiger charge is 2.29. The van der Waals surface area contributed by atoms with E-state index >= 15 is 0 Å². The van der Waals surface area contributed by atoms with Gasteiger partial charge in [-0.05, 0) is 95.6 Å². The van der Waals surface area contributed by atoms with E-state index in [-0.39, 0.29) is 34.5 Å². The molecule has 0 saturated heterocycles. The summed E-state index contributed by atoms with van der Waals surface area (Å²) in [5.74, 6) is 5.27. The van der Waals surface area contributed by atoms with Gasteiger partial charge in [-0.15, -0.1) is 0 Å². The molecule has 0 atom stereocenters. The quantitative estimate of drug-likeness (QED) is 0.144. The van der Waals surface area contributed by atoms with Crippen LogP contribution in [0.2, 0.25) is 0 Å². The first-order valence-corrected chi connectivity index (χ1v) is 17.5. The molecule has 0 saturated carbocycles. The van der Waals surface area contributed by atoms with Gasteiger partial charge in [0.2, 0.25) is 0 Å².